The summed E-state index contributed by atoms with van der Waals surface area (Å²) in [6.07, 6.45) is 1.81. The van der Waals surface area contributed by atoms with Gasteiger partial charge in [-0.3, -0.25) is 0 Å². The zero-order chi connectivity index (χ0) is 21.5. The number of benzene rings is 3. The molecule has 6 heteroatoms. The van der Waals surface area contributed by atoms with Crippen molar-refractivity contribution in [2.75, 3.05) is 6.61 Å². The fourth-order valence-electron chi connectivity index (χ4n) is 2.84. The predicted octanol–water partition coefficient (Wildman–Crippen LogP) is 7.64. The lowest BCUT2D eigenvalue weighted by molar-refractivity contribution is 0.267. The van der Waals surface area contributed by atoms with Crippen molar-refractivity contribution in [2.24, 2.45) is 0 Å². The Hall–Kier alpha value is -2.20. The van der Waals surface area contributed by atoms with E-state index in [-0.39, 0.29) is 0 Å². The summed E-state index contributed by atoms with van der Waals surface area (Å²) in [4.78, 5) is 0. The zero-order valence-electron chi connectivity index (χ0n) is 16.2. The molecule has 0 aliphatic heterocycles. The molecule has 0 bridgehead atoms. The van der Waals surface area contributed by atoms with Crippen LogP contribution in [0.4, 0.5) is 0 Å². The summed E-state index contributed by atoms with van der Waals surface area (Å²) in [5, 5.41) is 10.9. The molecule has 0 saturated carbocycles. The number of rotatable bonds is 7. The van der Waals surface area contributed by atoms with Crippen LogP contribution >= 0.6 is 45.8 Å². The van der Waals surface area contributed by atoms with Gasteiger partial charge in [0.1, 0.15) is 6.61 Å². The van der Waals surface area contributed by atoms with Crippen LogP contribution in [0.5, 0.6) is 11.5 Å². The van der Waals surface area contributed by atoms with Gasteiger partial charge in [-0.15, -0.1) is 0 Å². The van der Waals surface area contributed by atoms with E-state index < -0.39 is 0 Å². The second-order valence-corrected chi connectivity index (χ2v) is 8.33. The van der Waals surface area contributed by atoms with Gasteiger partial charge in [-0.2, -0.15) is 5.26 Å². The second kappa shape index (κ2) is 10.7. The minimum absolute atomic E-state index is 0.330. The molecule has 0 aromatic heterocycles. The van der Waals surface area contributed by atoms with Crippen molar-refractivity contribution < 1.29 is 9.47 Å². The molecule has 0 aliphatic rings. The Kier molecular flexibility index (Phi) is 8.03. The molecule has 0 saturated heterocycles. The maximum atomic E-state index is 9.63. The molecule has 0 heterocycles. The van der Waals surface area contributed by atoms with Crippen molar-refractivity contribution in [2.45, 2.75) is 13.5 Å². The van der Waals surface area contributed by atoms with Gasteiger partial charge in [0.05, 0.1) is 21.8 Å². The first-order valence-electron chi connectivity index (χ1n) is 9.22. The highest BCUT2D eigenvalue weighted by atomic mass is 127. The summed E-state index contributed by atoms with van der Waals surface area (Å²) in [6.45, 7) is 2.74. The van der Waals surface area contributed by atoms with E-state index in [0.717, 1.165) is 20.3 Å². The van der Waals surface area contributed by atoms with Crippen LogP contribution in [0.15, 0.2) is 60.7 Å². The van der Waals surface area contributed by atoms with Gasteiger partial charge in [0.2, 0.25) is 0 Å². The summed E-state index contributed by atoms with van der Waals surface area (Å²) in [6, 6.07) is 20.9. The summed E-state index contributed by atoms with van der Waals surface area (Å²) < 4.78 is 12.8. The first-order chi connectivity index (χ1) is 14.5. The Morgan fingerprint density at radius 1 is 1.07 bits per heavy atom. The third kappa shape index (κ3) is 5.69. The van der Waals surface area contributed by atoms with Gasteiger partial charge in [-0.25, -0.2) is 0 Å². The summed E-state index contributed by atoms with van der Waals surface area (Å²) in [7, 11) is 0. The standard InChI is InChI=1S/C24H18Cl2INO2/c1-2-29-23-12-16(10-19(14-28)17-7-5-8-20(25)13-17)11-22(27)24(23)30-15-18-6-3-4-9-21(18)26/h3-13H,2,15H2,1H3/b19-10-. The highest BCUT2D eigenvalue weighted by molar-refractivity contribution is 14.1. The first kappa shape index (κ1) is 22.5. The molecule has 3 nitrogen and oxygen atoms in total. The fourth-order valence-corrected chi connectivity index (χ4v) is 4.00. The molecule has 152 valence electrons. The third-order valence-electron chi connectivity index (χ3n) is 4.23. The van der Waals surface area contributed by atoms with Crippen LogP contribution in [0.25, 0.3) is 11.6 Å². The first-order valence-corrected chi connectivity index (χ1v) is 11.1. The molecule has 0 fully saturated rings. The number of nitrogens with zero attached hydrogens (tertiary/aromatic N) is 1. The Bertz CT molecular complexity index is 1120. The number of allylic oxidation sites excluding steroid dienone is 1. The molecular formula is C24H18Cl2INO2. The molecule has 0 unspecified atom stereocenters. The highest BCUT2D eigenvalue weighted by Gasteiger charge is 2.13. The van der Waals surface area contributed by atoms with Gasteiger partial charge in [0, 0.05) is 15.6 Å². The van der Waals surface area contributed by atoms with Crippen molar-refractivity contribution in [3.8, 4) is 17.6 Å². The number of hydrogen-bond donors (Lipinski definition) is 0. The Morgan fingerprint density at radius 2 is 1.87 bits per heavy atom. The van der Waals surface area contributed by atoms with Gasteiger partial charge >= 0.3 is 0 Å². The maximum absolute atomic E-state index is 9.63. The molecule has 0 atom stereocenters. The maximum Gasteiger partial charge on any atom is 0.175 e. The monoisotopic (exact) mass is 549 g/mol. The van der Waals surface area contributed by atoms with Gasteiger partial charge < -0.3 is 9.47 Å². The molecule has 0 aliphatic carbocycles. The van der Waals surface area contributed by atoms with E-state index in [4.69, 9.17) is 32.7 Å². The van der Waals surface area contributed by atoms with E-state index in [1.54, 1.807) is 12.1 Å². The third-order valence-corrected chi connectivity index (χ3v) is 5.63. The Balaban J connectivity index is 1.94. The van der Waals surface area contributed by atoms with Crippen molar-refractivity contribution in [1.29, 1.82) is 5.26 Å². The van der Waals surface area contributed by atoms with E-state index in [1.165, 1.54) is 0 Å². The van der Waals surface area contributed by atoms with Gasteiger partial charge in [-0.1, -0.05) is 53.5 Å². The van der Waals surface area contributed by atoms with Crippen LogP contribution in [-0.2, 0) is 6.61 Å². The highest BCUT2D eigenvalue weighted by Crippen LogP contribution is 2.36. The number of ether oxygens (including phenoxy) is 2. The van der Waals surface area contributed by atoms with Crippen LogP contribution in [0.3, 0.4) is 0 Å². The van der Waals surface area contributed by atoms with Crippen molar-refractivity contribution in [1.82, 2.24) is 0 Å². The zero-order valence-corrected chi connectivity index (χ0v) is 19.8. The van der Waals surface area contributed by atoms with E-state index >= 15 is 0 Å². The quantitative estimate of drug-likeness (QED) is 0.173. The summed E-state index contributed by atoms with van der Waals surface area (Å²) in [5.41, 5.74) is 3.01. The average molecular weight is 550 g/mol. The molecule has 3 aromatic rings. The predicted molar refractivity (Wildman–Crippen MR) is 131 cm³/mol. The van der Waals surface area contributed by atoms with E-state index in [0.29, 0.717) is 40.3 Å². The van der Waals surface area contributed by atoms with Crippen LogP contribution in [-0.4, -0.2) is 6.61 Å². The molecule has 3 rings (SSSR count). The van der Waals surface area contributed by atoms with Crippen molar-refractivity contribution in [3.63, 3.8) is 0 Å². The fraction of sp³-hybridized carbons (Fsp3) is 0.125. The molecule has 3 aromatic carbocycles. The SMILES string of the molecule is CCOc1cc(/C=C(/C#N)c2cccc(Cl)c2)cc(I)c1OCc1ccccc1Cl. The van der Waals surface area contributed by atoms with Crippen LogP contribution in [0, 0.1) is 14.9 Å². The lowest BCUT2D eigenvalue weighted by Crippen LogP contribution is -2.02. The summed E-state index contributed by atoms with van der Waals surface area (Å²) >= 11 is 14.5. The minimum Gasteiger partial charge on any atom is -0.490 e. The van der Waals surface area contributed by atoms with Gasteiger partial charge in [-0.05, 0) is 77.0 Å². The largest absolute Gasteiger partial charge is 0.490 e. The van der Waals surface area contributed by atoms with E-state index in [9.17, 15) is 5.26 Å². The van der Waals surface area contributed by atoms with Crippen LogP contribution in [0.2, 0.25) is 10.0 Å². The Morgan fingerprint density at radius 3 is 2.57 bits per heavy atom. The number of hydrogen-bond acceptors (Lipinski definition) is 3. The number of halogens is 3. The Labute approximate surface area is 200 Å². The second-order valence-electron chi connectivity index (χ2n) is 6.32. The molecule has 0 radical (unpaired) electrons. The molecule has 0 spiro atoms. The number of nitriles is 1. The lowest BCUT2D eigenvalue weighted by Gasteiger charge is -2.15. The molecule has 0 N–H and O–H groups in total. The van der Waals surface area contributed by atoms with E-state index in [1.807, 2.05) is 61.5 Å². The topological polar surface area (TPSA) is 42.2 Å². The molecule has 30 heavy (non-hydrogen) atoms. The van der Waals surface area contributed by atoms with Crippen molar-refractivity contribution in [3.05, 3.63) is 91.0 Å². The normalized spacial score (nSPS) is 11.1. The van der Waals surface area contributed by atoms with Crippen LogP contribution in [0.1, 0.15) is 23.6 Å². The van der Waals surface area contributed by atoms with E-state index in [2.05, 4.69) is 28.7 Å². The smallest absolute Gasteiger partial charge is 0.175 e. The summed E-state index contributed by atoms with van der Waals surface area (Å²) in [5.74, 6) is 1.27. The lowest BCUT2D eigenvalue weighted by atomic mass is 10.0. The van der Waals surface area contributed by atoms with Crippen molar-refractivity contribution >= 4 is 57.4 Å². The molecular weight excluding hydrogens is 532 g/mol. The van der Waals surface area contributed by atoms with Crippen LogP contribution < -0.4 is 9.47 Å². The van der Waals surface area contributed by atoms with Gasteiger partial charge in [0.25, 0.3) is 0 Å². The minimum atomic E-state index is 0.330. The van der Waals surface area contributed by atoms with Gasteiger partial charge in [0.15, 0.2) is 11.5 Å². The molecule has 0 amide bonds. The average Bonchev–Trinajstić information content (AvgIpc) is 2.73.